The number of imidazole rings is 1. The van der Waals surface area contributed by atoms with Crippen molar-refractivity contribution in [2.24, 2.45) is 0 Å². The lowest BCUT2D eigenvalue weighted by Crippen LogP contribution is -2.43. The van der Waals surface area contributed by atoms with Gasteiger partial charge < -0.3 is 21.2 Å². The van der Waals surface area contributed by atoms with E-state index in [0.29, 0.717) is 0 Å². The highest BCUT2D eigenvalue weighted by molar-refractivity contribution is 5.83. The molecule has 0 aliphatic heterocycles. The first-order chi connectivity index (χ1) is 11.9. The number of rotatable bonds is 8. The van der Waals surface area contributed by atoms with Gasteiger partial charge in [0.1, 0.15) is 6.04 Å². The summed E-state index contributed by atoms with van der Waals surface area (Å²) in [7, 11) is 0. The minimum Gasteiger partial charge on any atom is -0.480 e. The van der Waals surface area contributed by atoms with Crippen molar-refractivity contribution < 1.29 is 16.1 Å². The molecule has 0 bridgehead atoms. The highest BCUT2D eigenvalue weighted by atomic mass is 16.4. The van der Waals surface area contributed by atoms with Crippen LogP contribution >= 0.6 is 0 Å². The topological polar surface area (TPSA) is 130 Å². The fraction of sp³-hybridized carbons (Fsp3) is 0.312. The maximum absolute atomic E-state index is 12.0. The minimum absolute atomic E-state index is 0.0232. The number of hydrogen-bond acceptors (Lipinski definition) is 4. The molecule has 128 valence electrons. The molecule has 8 heteroatoms. The maximum Gasteiger partial charge on any atom is 0.344 e. The SMILES string of the molecule is [2H]C(CCC(=O)N[C@@H](Cc1c[nH]c(=O)n1N)C(=O)O)c1ccccc1. The zero-order valence-electron chi connectivity index (χ0n) is 13.9. The van der Waals surface area contributed by atoms with Gasteiger partial charge in [0.15, 0.2) is 0 Å². The van der Waals surface area contributed by atoms with Crippen molar-refractivity contribution in [2.45, 2.75) is 31.7 Å². The van der Waals surface area contributed by atoms with Gasteiger partial charge in [0.05, 0.1) is 5.69 Å². The number of amides is 1. The number of aliphatic carboxylic acids is 1. The van der Waals surface area contributed by atoms with Gasteiger partial charge in [0, 0.05) is 20.4 Å². The number of aromatic amines is 1. The Labute approximate surface area is 139 Å². The third-order valence-corrected chi connectivity index (χ3v) is 3.49. The van der Waals surface area contributed by atoms with Crippen molar-refractivity contribution in [1.82, 2.24) is 15.0 Å². The smallest absolute Gasteiger partial charge is 0.344 e. The zero-order valence-corrected chi connectivity index (χ0v) is 12.9. The number of carbonyl (C=O) groups excluding carboxylic acids is 1. The Hall–Kier alpha value is -3.03. The standard InChI is InChI=1S/C16H20N4O4/c17-20-12(10-18-16(20)24)9-13(15(22)23)19-14(21)8-4-7-11-5-2-1-3-6-11/h1-3,5-6,10,13H,4,7-9,17H2,(H,18,24)(H,19,21)(H,22,23)/t13-/m0/s1/i7D/t7?,13-. The molecule has 5 N–H and O–H groups in total. The van der Waals surface area contributed by atoms with Crippen LogP contribution in [0.25, 0.3) is 0 Å². The number of aryl methyl sites for hydroxylation is 1. The summed E-state index contributed by atoms with van der Waals surface area (Å²) in [6.07, 6.45) is 0.914. The molecule has 1 unspecified atom stereocenters. The van der Waals surface area contributed by atoms with Crippen LogP contribution in [0.15, 0.2) is 41.3 Å². The van der Waals surface area contributed by atoms with Crippen molar-refractivity contribution in [3.8, 4) is 0 Å². The molecule has 1 aromatic carbocycles. The first kappa shape index (κ1) is 15.9. The van der Waals surface area contributed by atoms with Crippen LogP contribution in [0, 0.1) is 0 Å². The fourth-order valence-electron chi connectivity index (χ4n) is 2.21. The quantitative estimate of drug-likeness (QED) is 0.506. The first-order valence-corrected chi connectivity index (χ1v) is 7.42. The van der Waals surface area contributed by atoms with Gasteiger partial charge in [-0.3, -0.25) is 4.79 Å². The molecule has 2 atom stereocenters. The second kappa shape index (κ2) is 8.00. The van der Waals surface area contributed by atoms with E-state index in [-0.39, 0.29) is 25.0 Å². The highest BCUT2D eigenvalue weighted by Gasteiger charge is 2.22. The Bertz CT molecular complexity index is 787. The summed E-state index contributed by atoms with van der Waals surface area (Å²) in [5.41, 5.74) is 0.496. The van der Waals surface area contributed by atoms with E-state index in [0.717, 1.165) is 10.2 Å². The van der Waals surface area contributed by atoms with Crippen molar-refractivity contribution in [2.75, 3.05) is 5.84 Å². The monoisotopic (exact) mass is 333 g/mol. The molecule has 24 heavy (non-hydrogen) atoms. The number of benzene rings is 1. The zero-order chi connectivity index (χ0) is 18.4. The second-order valence-corrected chi connectivity index (χ2v) is 5.27. The van der Waals surface area contributed by atoms with E-state index in [1.54, 1.807) is 0 Å². The molecule has 0 aliphatic carbocycles. The lowest BCUT2D eigenvalue weighted by Gasteiger charge is -2.14. The van der Waals surface area contributed by atoms with Crippen LogP contribution in [0.4, 0.5) is 0 Å². The largest absolute Gasteiger partial charge is 0.480 e. The number of H-pyrrole nitrogens is 1. The van der Waals surface area contributed by atoms with Crippen LogP contribution in [-0.4, -0.2) is 32.7 Å². The van der Waals surface area contributed by atoms with Crippen LogP contribution in [0.2, 0.25) is 0 Å². The number of nitrogens with one attached hydrogen (secondary N) is 2. The Morgan fingerprint density at radius 2 is 2.08 bits per heavy atom. The molecular weight excluding hydrogens is 312 g/mol. The minimum atomic E-state index is -1.23. The number of carbonyl (C=O) groups is 2. The third kappa shape index (κ3) is 4.73. The summed E-state index contributed by atoms with van der Waals surface area (Å²) in [5, 5.41) is 11.6. The number of nitrogens with two attached hydrogens (primary N) is 1. The van der Waals surface area contributed by atoms with E-state index in [2.05, 4.69) is 10.3 Å². The molecule has 0 saturated heterocycles. The van der Waals surface area contributed by atoms with E-state index in [1.165, 1.54) is 6.20 Å². The average molecular weight is 333 g/mol. The van der Waals surface area contributed by atoms with E-state index in [4.69, 9.17) is 7.21 Å². The van der Waals surface area contributed by atoms with E-state index in [1.807, 2.05) is 30.3 Å². The summed E-state index contributed by atoms with van der Waals surface area (Å²) in [4.78, 5) is 36.9. The Balaban J connectivity index is 1.91. The van der Waals surface area contributed by atoms with Crippen molar-refractivity contribution >= 4 is 11.9 Å². The molecule has 8 nitrogen and oxygen atoms in total. The number of nitrogen functional groups attached to an aromatic ring is 1. The number of aromatic nitrogens is 2. The van der Waals surface area contributed by atoms with Gasteiger partial charge in [0.25, 0.3) is 0 Å². The van der Waals surface area contributed by atoms with E-state index < -0.39 is 30.0 Å². The number of carboxylic acid groups (broad SMARTS) is 1. The number of carboxylic acids is 1. The van der Waals surface area contributed by atoms with Gasteiger partial charge in [-0.05, 0) is 18.4 Å². The Kier molecular flexibility index (Phi) is 5.28. The average Bonchev–Trinajstić information content (AvgIpc) is 2.91. The van der Waals surface area contributed by atoms with Gasteiger partial charge in [-0.1, -0.05) is 30.3 Å². The van der Waals surface area contributed by atoms with E-state index in [9.17, 15) is 19.5 Å². The first-order valence-electron chi connectivity index (χ1n) is 8.00. The fourth-order valence-corrected chi connectivity index (χ4v) is 2.21. The normalized spacial score (nSPS) is 13.8. The van der Waals surface area contributed by atoms with Crippen molar-refractivity contribution in [3.63, 3.8) is 0 Å². The molecular formula is C16H20N4O4. The maximum atomic E-state index is 12.0. The van der Waals surface area contributed by atoms with Gasteiger partial charge in [-0.25, -0.2) is 14.3 Å². The van der Waals surface area contributed by atoms with Crippen LogP contribution in [0.3, 0.4) is 0 Å². The summed E-state index contributed by atoms with van der Waals surface area (Å²) in [6.45, 7) is 0. The molecule has 1 aromatic heterocycles. The Morgan fingerprint density at radius 1 is 1.38 bits per heavy atom. The Morgan fingerprint density at radius 3 is 2.67 bits per heavy atom. The van der Waals surface area contributed by atoms with Gasteiger partial charge in [0.2, 0.25) is 5.91 Å². The predicted octanol–water partition coefficient (Wildman–Crippen LogP) is 0.0250. The molecule has 0 fully saturated rings. The van der Waals surface area contributed by atoms with Crippen molar-refractivity contribution in [3.05, 3.63) is 58.3 Å². The van der Waals surface area contributed by atoms with Crippen LogP contribution in [-0.2, 0) is 22.4 Å². The molecule has 2 rings (SSSR count). The number of nitrogens with zero attached hydrogens (tertiary/aromatic N) is 1. The molecule has 0 saturated carbocycles. The molecule has 2 aromatic rings. The highest BCUT2D eigenvalue weighted by Crippen LogP contribution is 2.05. The molecule has 0 radical (unpaired) electrons. The lowest BCUT2D eigenvalue weighted by atomic mass is 10.1. The second-order valence-electron chi connectivity index (χ2n) is 5.27. The summed E-state index contributed by atoms with van der Waals surface area (Å²) >= 11 is 0. The van der Waals surface area contributed by atoms with Crippen molar-refractivity contribution in [1.29, 1.82) is 0 Å². The van der Waals surface area contributed by atoms with Gasteiger partial charge in [-0.2, -0.15) is 0 Å². The molecule has 0 spiro atoms. The van der Waals surface area contributed by atoms with Crippen LogP contribution < -0.4 is 16.8 Å². The van der Waals surface area contributed by atoms with Gasteiger partial charge >= 0.3 is 11.7 Å². The summed E-state index contributed by atoms with van der Waals surface area (Å²) in [6, 6.07) is 7.89. The molecule has 1 amide bonds. The van der Waals surface area contributed by atoms with Crippen LogP contribution in [0.5, 0.6) is 0 Å². The number of hydrogen-bond donors (Lipinski definition) is 4. The predicted molar refractivity (Wildman–Crippen MR) is 87.9 cm³/mol. The van der Waals surface area contributed by atoms with E-state index >= 15 is 0 Å². The molecule has 1 heterocycles. The summed E-state index contributed by atoms with van der Waals surface area (Å²) in [5.74, 6) is 3.79. The van der Waals surface area contributed by atoms with Gasteiger partial charge in [-0.15, -0.1) is 0 Å². The molecule has 0 aliphatic rings. The third-order valence-electron chi connectivity index (χ3n) is 3.49. The summed E-state index contributed by atoms with van der Waals surface area (Å²) < 4.78 is 8.83. The van der Waals surface area contributed by atoms with Crippen LogP contribution in [0.1, 0.15) is 25.5 Å². The lowest BCUT2D eigenvalue weighted by molar-refractivity contribution is -0.141.